The van der Waals surface area contributed by atoms with Gasteiger partial charge < -0.3 is 19.3 Å². The van der Waals surface area contributed by atoms with Crippen molar-refractivity contribution in [1.29, 1.82) is 0 Å². The highest BCUT2D eigenvalue weighted by Crippen LogP contribution is 2.45. The van der Waals surface area contributed by atoms with Crippen molar-refractivity contribution in [1.82, 2.24) is 14.9 Å². The van der Waals surface area contributed by atoms with Gasteiger partial charge in [0.25, 0.3) is 0 Å². The number of amides is 1. The fourth-order valence-electron chi connectivity index (χ4n) is 3.45. The Morgan fingerprint density at radius 1 is 1.32 bits per heavy atom. The molecule has 0 saturated carbocycles. The molecule has 0 spiro atoms. The van der Waals surface area contributed by atoms with Crippen LogP contribution in [0.15, 0.2) is 10.5 Å². The van der Waals surface area contributed by atoms with E-state index >= 15 is 0 Å². The summed E-state index contributed by atoms with van der Waals surface area (Å²) in [5, 5.41) is 1.34. The molecular formula is C18H19BrCl2N4O3. The van der Waals surface area contributed by atoms with Gasteiger partial charge in [-0.2, -0.15) is 4.98 Å². The first-order chi connectivity index (χ1) is 13.1. The molecule has 3 heterocycles. The van der Waals surface area contributed by atoms with Crippen molar-refractivity contribution in [3.8, 4) is 5.75 Å². The molecule has 7 nitrogen and oxygen atoms in total. The summed E-state index contributed by atoms with van der Waals surface area (Å²) in [6, 6.07) is 1.69. The number of ether oxygens (including phenoxy) is 2. The van der Waals surface area contributed by atoms with Gasteiger partial charge in [-0.15, -0.1) is 0 Å². The number of piperazine rings is 1. The van der Waals surface area contributed by atoms with Crippen molar-refractivity contribution in [3.63, 3.8) is 0 Å². The lowest BCUT2D eigenvalue weighted by Gasteiger charge is -2.41. The molecule has 1 aromatic heterocycles. The summed E-state index contributed by atoms with van der Waals surface area (Å²) in [5.41, 5.74) is 0.104. The second-order valence-electron chi connectivity index (χ2n) is 7.80. The van der Waals surface area contributed by atoms with Crippen LogP contribution in [0.2, 0.25) is 10.3 Å². The maximum absolute atomic E-state index is 12.5. The highest BCUT2D eigenvalue weighted by molar-refractivity contribution is 9.10. The molecule has 1 aromatic carbocycles. The number of halogens is 3. The van der Waals surface area contributed by atoms with Crippen LogP contribution in [0.1, 0.15) is 20.8 Å². The number of aromatic nitrogens is 2. The molecule has 2 aliphatic heterocycles. The predicted octanol–water partition coefficient (Wildman–Crippen LogP) is 4.52. The number of fused-ring (bicyclic) bond motifs is 2. The maximum Gasteiger partial charge on any atom is 0.410 e. The smallest absolute Gasteiger partial charge is 0.410 e. The maximum atomic E-state index is 12.5. The fourth-order valence-corrected chi connectivity index (χ4v) is 4.23. The van der Waals surface area contributed by atoms with Crippen LogP contribution in [-0.2, 0) is 4.74 Å². The van der Waals surface area contributed by atoms with Gasteiger partial charge in [-0.3, -0.25) is 0 Å². The van der Waals surface area contributed by atoms with Gasteiger partial charge in [0.15, 0.2) is 5.75 Å². The molecule has 2 aliphatic rings. The van der Waals surface area contributed by atoms with Crippen LogP contribution in [0, 0.1) is 0 Å². The van der Waals surface area contributed by atoms with Gasteiger partial charge in [-0.25, -0.2) is 9.78 Å². The van der Waals surface area contributed by atoms with Crippen molar-refractivity contribution >= 4 is 61.9 Å². The van der Waals surface area contributed by atoms with Crippen LogP contribution in [-0.4, -0.2) is 58.8 Å². The van der Waals surface area contributed by atoms with Crippen LogP contribution in [0.25, 0.3) is 10.9 Å². The Labute approximate surface area is 181 Å². The van der Waals surface area contributed by atoms with E-state index in [1.54, 1.807) is 11.0 Å². The molecule has 1 saturated heterocycles. The zero-order valence-corrected chi connectivity index (χ0v) is 18.7. The summed E-state index contributed by atoms with van der Waals surface area (Å²) in [5.74, 6) is 1.20. The average Bonchev–Trinajstić information content (AvgIpc) is 2.75. The summed E-state index contributed by atoms with van der Waals surface area (Å²) in [7, 11) is 0. The number of carbonyl (C=O) groups is 1. The summed E-state index contributed by atoms with van der Waals surface area (Å²) < 4.78 is 12.3. The standard InChI is InChI=1S/C18H19BrCl2N4O3/c1-18(2,3)28-17(26)24-4-5-25-9(7-24)8-27-14-12-11(6-10(19)13(14)20)22-16(21)23-15(12)25/h6,9H,4-5,7-8H2,1-3H3/t9-/m0/s1. The number of anilines is 1. The normalized spacial score (nSPS) is 19.1. The highest BCUT2D eigenvalue weighted by atomic mass is 79.9. The molecule has 0 bridgehead atoms. The number of carbonyl (C=O) groups excluding carboxylic acids is 1. The monoisotopic (exact) mass is 488 g/mol. The zero-order valence-electron chi connectivity index (χ0n) is 15.6. The molecule has 0 N–H and O–H groups in total. The third-order valence-corrected chi connectivity index (χ3v) is 6.01. The Kier molecular flexibility index (Phi) is 5.00. The SMILES string of the molecule is CC(C)(C)OC(=O)N1CCN2c3nc(Cl)nc4cc(Br)c(Cl)c(c34)OC[C@@H]2C1. The fraction of sp³-hybridized carbons (Fsp3) is 0.500. The molecule has 150 valence electrons. The van der Waals surface area contributed by atoms with Crippen molar-refractivity contribution in [2.75, 3.05) is 31.1 Å². The summed E-state index contributed by atoms with van der Waals surface area (Å²) in [6.45, 7) is 7.43. The van der Waals surface area contributed by atoms with E-state index in [0.717, 1.165) is 5.39 Å². The molecule has 1 fully saturated rings. The van der Waals surface area contributed by atoms with Gasteiger partial charge in [0.1, 0.15) is 18.0 Å². The Balaban J connectivity index is 1.71. The Bertz CT molecular complexity index is 966. The molecule has 10 heteroatoms. The first-order valence-corrected chi connectivity index (χ1v) is 10.4. The molecule has 28 heavy (non-hydrogen) atoms. The van der Waals surface area contributed by atoms with E-state index < -0.39 is 5.60 Å². The van der Waals surface area contributed by atoms with Crippen molar-refractivity contribution in [2.24, 2.45) is 0 Å². The lowest BCUT2D eigenvalue weighted by Crippen LogP contribution is -2.57. The van der Waals surface area contributed by atoms with Gasteiger partial charge in [0.2, 0.25) is 5.28 Å². The molecule has 1 atom stereocenters. The van der Waals surface area contributed by atoms with Gasteiger partial charge in [0, 0.05) is 24.1 Å². The summed E-state index contributed by atoms with van der Waals surface area (Å²) >= 11 is 16.1. The summed E-state index contributed by atoms with van der Waals surface area (Å²) in [6.07, 6.45) is -0.333. The quantitative estimate of drug-likeness (QED) is 0.507. The van der Waals surface area contributed by atoms with Crippen LogP contribution >= 0.6 is 39.1 Å². The Hall–Kier alpha value is -1.51. The Morgan fingerprint density at radius 2 is 2.07 bits per heavy atom. The third kappa shape index (κ3) is 3.57. The second-order valence-corrected chi connectivity index (χ2v) is 9.37. The molecule has 1 amide bonds. The molecule has 0 radical (unpaired) electrons. The number of rotatable bonds is 0. The number of hydrogen-bond acceptors (Lipinski definition) is 6. The van der Waals surface area contributed by atoms with Crippen LogP contribution < -0.4 is 9.64 Å². The highest BCUT2D eigenvalue weighted by Gasteiger charge is 2.37. The molecule has 2 aromatic rings. The van der Waals surface area contributed by atoms with Gasteiger partial charge in [-0.05, 0) is 54.4 Å². The molecule has 4 rings (SSSR count). The predicted molar refractivity (Wildman–Crippen MR) is 112 cm³/mol. The minimum atomic E-state index is -0.545. The number of hydrogen-bond donors (Lipinski definition) is 0. The largest absolute Gasteiger partial charge is 0.489 e. The van der Waals surface area contributed by atoms with Crippen molar-refractivity contribution in [3.05, 3.63) is 20.8 Å². The summed E-state index contributed by atoms with van der Waals surface area (Å²) in [4.78, 5) is 25.1. The van der Waals surface area contributed by atoms with Gasteiger partial charge >= 0.3 is 6.09 Å². The van der Waals surface area contributed by atoms with Gasteiger partial charge in [-0.1, -0.05) is 11.6 Å². The average molecular weight is 490 g/mol. The lowest BCUT2D eigenvalue weighted by molar-refractivity contribution is 0.0202. The lowest BCUT2D eigenvalue weighted by atomic mass is 10.1. The number of benzene rings is 1. The van der Waals surface area contributed by atoms with E-state index in [-0.39, 0.29) is 17.4 Å². The Morgan fingerprint density at radius 3 is 2.79 bits per heavy atom. The zero-order chi connectivity index (χ0) is 20.2. The minimum Gasteiger partial charge on any atom is -0.489 e. The number of nitrogens with zero attached hydrogens (tertiary/aromatic N) is 4. The first-order valence-electron chi connectivity index (χ1n) is 8.86. The second kappa shape index (κ2) is 7.07. The van der Waals surface area contributed by atoms with Crippen LogP contribution in [0.3, 0.4) is 0 Å². The molecule has 0 aliphatic carbocycles. The van der Waals surface area contributed by atoms with Crippen molar-refractivity contribution in [2.45, 2.75) is 32.4 Å². The van der Waals surface area contributed by atoms with Crippen molar-refractivity contribution < 1.29 is 14.3 Å². The first kappa shape index (κ1) is 19.8. The minimum absolute atomic E-state index is 0.113. The van der Waals surface area contributed by atoms with E-state index in [2.05, 4.69) is 30.8 Å². The topological polar surface area (TPSA) is 67.8 Å². The van der Waals surface area contributed by atoms with E-state index in [1.807, 2.05) is 20.8 Å². The van der Waals surface area contributed by atoms with Gasteiger partial charge in [0.05, 0.1) is 22.0 Å². The van der Waals surface area contributed by atoms with E-state index in [0.29, 0.717) is 52.8 Å². The van der Waals surface area contributed by atoms with E-state index in [4.69, 9.17) is 32.7 Å². The molecule has 0 unspecified atom stereocenters. The molecular weight excluding hydrogens is 471 g/mol. The van der Waals surface area contributed by atoms with E-state index in [1.165, 1.54) is 0 Å². The van der Waals surface area contributed by atoms with Crippen LogP contribution in [0.4, 0.5) is 10.6 Å². The van der Waals surface area contributed by atoms with Crippen LogP contribution in [0.5, 0.6) is 5.75 Å². The van der Waals surface area contributed by atoms with E-state index in [9.17, 15) is 4.79 Å². The third-order valence-electron chi connectivity index (χ3n) is 4.62.